The standard InChI is InChI=1S/C21H24O4/c1-22-19-12-13-24-20(16-23-14-17-8-4-2-5-9-17)21(19)25-15-18-10-6-3-7-11-18/h2-13,19-21H,14-16H2,1H3/t19-,20-,21-/m1/s1. The molecule has 1 heterocycles. The maximum absolute atomic E-state index is 6.11. The number of hydrogen-bond acceptors (Lipinski definition) is 4. The summed E-state index contributed by atoms with van der Waals surface area (Å²) >= 11 is 0. The third-order valence-corrected chi connectivity index (χ3v) is 4.16. The van der Waals surface area contributed by atoms with Crippen LogP contribution >= 0.6 is 0 Å². The third-order valence-electron chi connectivity index (χ3n) is 4.16. The highest BCUT2D eigenvalue weighted by molar-refractivity contribution is 5.14. The lowest BCUT2D eigenvalue weighted by atomic mass is 10.1. The number of benzene rings is 2. The van der Waals surface area contributed by atoms with Crippen molar-refractivity contribution in [3.8, 4) is 0 Å². The molecule has 1 aliphatic heterocycles. The van der Waals surface area contributed by atoms with Gasteiger partial charge in [0.1, 0.15) is 18.3 Å². The Morgan fingerprint density at radius 2 is 1.52 bits per heavy atom. The van der Waals surface area contributed by atoms with Crippen LogP contribution < -0.4 is 0 Å². The highest BCUT2D eigenvalue weighted by Crippen LogP contribution is 2.20. The van der Waals surface area contributed by atoms with Gasteiger partial charge in [0.25, 0.3) is 0 Å². The SMILES string of the molecule is CO[C@@H]1C=CO[C@H](COCc2ccccc2)[C@@H]1OCc1ccccc1. The van der Waals surface area contributed by atoms with Gasteiger partial charge < -0.3 is 18.9 Å². The molecule has 1 aliphatic rings. The largest absolute Gasteiger partial charge is 0.493 e. The van der Waals surface area contributed by atoms with Gasteiger partial charge in [0, 0.05) is 7.11 Å². The normalized spacial score (nSPS) is 22.5. The minimum absolute atomic E-state index is 0.150. The van der Waals surface area contributed by atoms with Crippen LogP contribution in [0.2, 0.25) is 0 Å². The molecule has 2 aromatic carbocycles. The molecule has 132 valence electrons. The van der Waals surface area contributed by atoms with Crippen LogP contribution in [-0.4, -0.2) is 32.0 Å². The Hall–Kier alpha value is -2.14. The molecule has 4 nitrogen and oxygen atoms in total. The second-order valence-electron chi connectivity index (χ2n) is 5.97. The van der Waals surface area contributed by atoms with E-state index < -0.39 is 0 Å². The lowest BCUT2D eigenvalue weighted by molar-refractivity contribution is -0.137. The summed E-state index contributed by atoms with van der Waals surface area (Å²) in [7, 11) is 1.68. The van der Waals surface area contributed by atoms with E-state index in [-0.39, 0.29) is 18.3 Å². The molecule has 0 amide bonds. The monoisotopic (exact) mass is 340 g/mol. The van der Waals surface area contributed by atoms with Gasteiger partial charge in [-0.1, -0.05) is 60.7 Å². The van der Waals surface area contributed by atoms with Crippen molar-refractivity contribution in [3.05, 3.63) is 84.1 Å². The molecule has 0 saturated carbocycles. The molecular formula is C21H24O4. The fraction of sp³-hybridized carbons (Fsp3) is 0.333. The fourth-order valence-corrected chi connectivity index (χ4v) is 2.81. The van der Waals surface area contributed by atoms with E-state index in [4.69, 9.17) is 18.9 Å². The Morgan fingerprint density at radius 3 is 2.16 bits per heavy atom. The zero-order valence-electron chi connectivity index (χ0n) is 14.4. The Kier molecular flexibility index (Phi) is 6.63. The molecule has 0 radical (unpaired) electrons. The summed E-state index contributed by atoms with van der Waals surface area (Å²) in [6.45, 7) is 1.50. The van der Waals surface area contributed by atoms with Crippen molar-refractivity contribution < 1.29 is 18.9 Å². The first-order chi connectivity index (χ1) is 12.4. The molecule has 0 fully saturated rings. The second-order valence-corrected chi connectivity index (χ2v) is 5.97. The Bertz CT molecular complexity index is 641. The zero-order chi connectivity index (χ0) is 17.3. The summed E-state index contributed by atoms with van der Waals surface area (Å²) < 4.78 is 23.2. The first-order valence-electron chi connectivity index (χ1n) is 8.49. The molecule has 0 N–H and O–H groups in total. The minimum Gasteiger partial charge on any atom is -0.493 e. The number of ether oxygens (including phenoxy) is 4. The average molecular weight is 340 g/mol. The third kappa shape index (κ3) is 5.16. The van der Waals surface area contributed by atoms with Crippen molar-refractivity contribution in [3.63, 3.8) is 0 Å². The predicted octanol–water partition coefficient (Wildman–Crippen LogP) is 3.72. The van der Waals surface area contributed by atoms with Crippen LogP contribution in [0.5, 0.6) is 0 Å². The summed E-state index contributed by atoms with van der Waals surface area (Å²) in [5, 5.41) is 0. The molecule has 0 spiro atoms. The molecule has 3 atom stereocenters. The van der Waals surface area contributed by atoms with Gasteiger partial charge in [0.2, 0.25) is 0 Å². The topological polar surface area (TPSA) is 36.9 Å². The van der Waals surface area contributed by atoms with Gasteiger partial charge >= 0.3 is 0 Å². The highest BCUT2D eigenvalue weighted by Gasteiger charge is 2.33. The molecule has 3 rings (SSSR count). The van der Waals surface area contributed by atoms with E-state index in [9.17, 15) is 0 Å². The quantitative estimate of drug-likeness (QED) is 0.734. The van der Waals surface area contributed by atoms with Crippen LogP contribution in [-0.2, 0) is 32.2 Å². The van der Waals surface area contributed by atoms with Crippen molar-refractivity contribution in [2.24, 2.45) is 0 Å². The van der Waals surface area contributed by atoms with Gasteiger partial charge in [-0.25, -0.2) is 0 Å². The van der Waals surface area contributed by atoms with Gasteiger partial charge in [0.15, 0.2) is 0 Å². The Morgan fingerprint density at radius 1 is 0.880 bits per heavy atom. The van der Waals surface area contributed by atoms with Crippen molar-refractivity contribution >= 4 is 0 Å². The highest BCUT2D eigenvalue weighted by atomic mass is 16.6. The van der Waals surface area contributed by atoms with E-state index in [1.807, 2.05) is 66.7 Å². The van der Waals surface area contributed by atoms with E-state index in [2.05, 4.69) is 0 Å². The lowest BCUT2D eigenvalue weighted by Crippen LogP contribution is -2.45. The first-order valence-corrected chi connectivity index (χ1v) is 8.49. The molecule has 2 aromatic rings. The van der Waals surface area contributed by atoms with E-state index in [0.717, 1.165) is 11.1 Å². The van der Waals surface area contributed by atoms with Crippen LogP contribution in [0.15, 0.2) is 73.0 Å². The average Bonchev–Trinajstić information content (AvgIpc) is 2.68. The molecule has 0 unspecified atom stereocenters. The summed E-state index contributed by atoms with van der Waals surface area (Å²) in [6, 6.07) is 20.2. The second kappa shape index (κ2) is 9.37. The summed E-state index contributed by atoms with van der Waals surface area (Å²) in [5.74, 6) is 0. The van der Waals surface area contributed by atoms with Gasteiger partial charge in [-0.2, -0.15) is 0 Å². The molecule has 0 aliphatic carbocycles. The van der Waals surface area contributed by atoms with Gasteiger partial charge in [-0.15, -0.1) is 0 Å². The number of methoxy groups -OCH3 is 1. The van der Waals surface area contributed by atoms with Crippen LogP contribution in [0, 0.1) is 0 Å². The molecule has 0 aromatic heterocycles. The molecule has 0 bridgehead atoms. The van der Waals surface area contributed by atoms with E-state index >= 15 is 0 Å². The van der Waals surface area contributed by atoms with Gasteiger partial charge in [-0.05, 0) is 17.2 Å². The summed E-state index contributed by atoms with van der Waals surface area (Å²) in [6.07, 6.45) is 2.98. The fourth-order valence-electron chi connectivity index (χ4n) is 2.81. The molecule has 4 heteroatoms. The van der Waals surface area contributed by atoms with Gasteiger partial charge in [0.05, 0.1) is 26.1 Å². The first kappa shape index (κ1) is 17.7. The molecular weight excluding hydrogens is 316 g/mol. The van der Waals surface area contributed by atoms with Crippen molar-refractivity contribution in [1.29, 1.82) is 0 Å². The maximum atomic E-state index is 6.11. The zero-order valence-corrected chi connectivity index (χ0v) is 14.4. The van der Waals surface area contributed by atoms with Crippen molar-refractivity contribution in [1.82, 2.24) is 0 Å². The van der Waals surface area contributed by atoms with E-state index in [0.29, 0.717) is 19.8 Å². The Balaban J connectivity index is 1.56. The van der Waals surface area contributed by atoms with E-state index in [1.54, 1.807) is 13.4 Å². The van der Waals surface area contributed by atoms with Crippen LogP contribution in [0.4, 0.5) is 0 Å². The number of hydrogen-bond donors (Lipinski definition) is 0. The van der Waals surface area contributed by atoms with Crippen LogP contribution in [0.25, 0.3) is 0 Å². The lowest BCUT2D eigenvalue weighted by Gasteiger charge is -2.33. The van der Waals surface area contributed by atoms with Crippen molar-refractivity contribution in [2.75, 3.05) is 13.7 Å². The maximum Gasteiger partial charge on any atom is 0.150 e. The van der Waals surface area contributed by atoms with E-state index in [1.165, 1.54) is 0 Å². The van der Waals surface area contributed by atoms with Gasteiger partial charge in [-0.3, -0.25) is 0 Å². The predicted molar refractivity (Wildman–Crippen MR) is 95.9 cm³/mol. The summed E-state index contributed by atoms with van der Waals surface area (Å²) in [4.78, 5) is 0. The minimum atomic E-state index is -0.217. The smallest absolute Gasteiger partial charge is 0.150 e. The molecule has 25 heavy (non-hydrogen) atoms. The van der Waals surface area contributed by atoms with Crippen LogP contribution in [0.1, 0.15) is 11.1 Å². The molecule has 0 saturated heterocycles. The summed E-state index contributed by atoms with van der Waals surface area (Å²) in [5.41, 5.74) is 2.26. The number of rotatable bonds is 8. The van der Waals surface area contributed by atoms with Crippen LogP contribution in [0.3, 0.4) is 0 Å². The van der Waals surface area contributed by atoms with Crippen molar-refractivity contribution in [2.45, 2.75) is 31.5 Å². The Labute approximate surface area is 149 Å².